The smallest absolute Gasteiger partial charge is 0.256 e. The Balaban J connectivity index is 1.57. The summed E-state index contributed by atoms with van der Waals surface area (Å²) >= 11 is 12.0. The number of aromatic nitrogens is 4. The molecule has 2 aliphatic rings. The summed E-state index contributed by atoms with van der Waals surface area (Å²) in [6, 6.07) is 4.24. The molecule has 4 heterocycles. The quantitative estimate of drug-likeness (QED) is 0.557. The van der Waals surface area contributed by atoms with E-state index in [0.29, 0.717) is 5.82 Å². The molecule has 0 aliphatic carbocycles. The summed E-state index contributed by atoms with van der Waals surface area (Å²) in [5.74, 6) is -0.902. The number of pyridine rings is 1. The average molecular weight is 452 g/mol. The molecule has 1 amide bonds. The Labute approximate surface area is 179 Å². The molecule has 154 valence electrons. The zero-order valence-corrected chi connectivity index (χ0v) is 16.7. The molecule has 30 heavy (non-hydrogen) atoms. The first-order valence-corrected chi connectivity index (χ1v) is 9.81. The topological polar surface area (TPSA) is 73.1 Å². The number of halogens is 4. The fourth-order valence-corrected chi connectivity index (χ4v) is 4.28. The molecule has 0 unspecified atom stereocenters. The summed E-state index contributed by atoms with van der Waals surface area (Å²) in [5.41, 5.74) is 0.173. The number of benzene rings is 1. The van der Waals surface area contributed by atoms with Gasteiger partial charge in [0.15, 0.2) is 17.5 Å². The Kier molecular flexibility index (Phi) is 4.68. The molecule has 2 atom stereocenters. The van der Waals surface area contributed by atoms with Gasteiger partial charge in [-0.3, -0.25) is 4.79 Å². The maximum atomic E-state index is 14.3. The largest absolute Gasteiger partial charge is 0.377 e. The second-order valence-corrected chi connectivity index (χ2v) is 7.72. The molecule has 1 saturated heterocycles. The van der Waals surface area contributed by atoms with Crippen LogP contribution in [0.1, 0.15) is 22.2 Å². The van der Waals surface area contributed by atoms with Gasteiger partial charge in [-0.1, -0.05) is 23.2 Å². The van der Waals surface area contributed by atoms with Crippen molar-refractivity contribution in [2.45, 2.75) is 18.6 Å². The Morgan fingerprint density at radius 1 is 1.10 bits per heavy atom. The van der Waals surface area contributed by atoms with Gasteiger partial charge in [-0.05, 0) is 24.3 Å². The van der Waals surface area contributed by atoms with Crippen LogP contribution in [0.15, 0.2) is 30.5 Å². The van der Waals surface area contributed by atoms with Crippen molar-refractivity contribution in [3.05, 3.63) is 63.5 Å². The first-order valence-electron chi connectivity index (χ1n) is 9.05. The number of carbonyl (C=O) groups is 1. The van der Waals surface area contributed by atoms with Crippen molar-refractivity contribution in [3.8, 4) is 11.5 Å². The molecular formula is C19H13Cl2F2N5O2. The van der Waals surface area contributed by atoms with Gasteiger partial charge in [-0.2, -0.15) is 0 Å². The van der Waals surface area contributed by atoms with E-state index in [1.54, 1.807) is 9.47 Å². The Bertz CT molecular complexity index is 1170. The molecule has 0 spiro atoms. The van der Waals surface area contributed by atoms with E-state index in [4.69, 9.17) is 27.9 Å². The monoisotopic (exact) mass is 451 g/mol. The SMILES string of the molecule is O=C(c1ccc(F)c(Cl)c1Cl)N1[C@H]2COC[C@@H]1c1nnc(-c3ncccc3F)n1C2. The highest BCUT2D eigenvalue weighted by Crippen LogP contribution is 2.38. The number of rotatable bonds is 2. The number of carbonyl (C=O) groups excluding carboxylic acids is 1. The maximum Gasteiger partial charge on any atom is 0.256 e. The zero-order valence-electron chi connectivity index (χ0n) is 15.2. The van der Waals surface area contributed by atoms with Crippen molar-refractivity contribution >= 4 is 29.1 Å². The molecule has 2 aliphatic heterocycles. The summed E-state index contributed by atoms with van der Waals surface area (Å²) in [7, 11) is 0. The van der Waals surface area contributed by atoms with Gasteiger partial charge >= 0.3 is 0 Å². The standard InChI is InChI=1S/C19H13Cl2F2N5O2/c20-14-10(3-4-11(22)15(14)21)19(29)28-9-6-27-17(13(28)8-30-7-9)25-26-18(27)16-12(23)2-1-5-24-16/h1-5,9,13H,6-8H2/t9-,13-/m1/s1. The van der Waals surface area contributed by atoms with Gasteiger partial charge < -0.3 is 14.2 Å². The van der Waals surface area contributed by atoms with Crippen LogP contribution in [0.3, 0.4) is 0 Å². The second kappa shape index (κ2) is 7.26. The van der Waals surface area contributed by atoms with Crippen LogP contribution in [0, 0.1) is 11.6 Å². The van der Waals surface area contributed by atoms with Crippen LogP contribution in [0.4, 0.5) is 8.78 Å². The van der Waals surface area contributed by atoms with Crippen LogP contribution >= 0.6 is 23.2 Å². The van der Waals surface area contributed by atoms with Crippen LogP contribution in [0.2, 0.25) is 10.0 Å². The lowest BCUT2D eigenvalue weighted by molar-refractivity contribution is -0.0569. The third kappa shape index (κ3) is 2.88. The van der Waals surface area contributed by atoms with Crippen molar-refractivity contribution < 1.29 is 18.3 Å². The van der Waals surface area contributed by atoms with E-state index >= 15 is 0 Å². The van der Waals surface area contributed by atoms with Crippen LogP contribution in [0.25, 0.3) is 11.5 Å². The van der Waals surface area contributed by atoms with Gasteiger partial charge in [-0.25, -0.2) is 13.8 Å². The van der Waals surface area contributed by atoms with Gasteiger partial charge in [-0.15, -0.1) is 10.2 Å². The predicted octanol–water partition coefficient (Wildman–Crippen LogP) is 3.52. The highest BCUT2D eigenvalue weighted by atomic mass is 35.5. The lowest BCUT2D eigenvalue weighted by Gasteiger charge is -2.45. The molecule has 7 nitrogen and oxygen atoms in total. The van der Waals surface area contributed by atoms with Crippen molar-refractivity contribution in [2.75, 3.05) is 13.2 Å². The number of amides is 1. The number of nitrogens with zero attached hydrogens (tertiary/aromatic N) is 5. The highest BCUT2D eigenvalue weighted by molar-refractivity contribution is 6.44. The fourth-order valence-electron chi connectivity index (χ4n) is 3.89. The molecule has 5 rings (SSSR count). The Morgan fingerprint density at radius 3 is 2.73 bits per heavy atom. The first-order chi connectivity index (χ1) is 14.5. The minimum absolute atomic E-state index is 0.0865. The van der Waals surface area contributed by atoms with E-state index in [9.17, 15) is 13.6 Å². The summed E-state index contributed by atoms with van der Waals surface area (Å²) in [4.78, 5) is 19.0. The van der Waals surface area contributed by atoms with E-state index < -0.39 is 23.6 Å². The molecule has 1 fully saturated rings. The lowest BCUT2D eigenvalue weighted by atomic mass is 10.0. The molecule has 3 aromatic rings. The van der Waals surface area contributed by atoms with E-state index in [0.717, 1.165) is 6.07 Å². The average Bonchev–Trinajstić information content (AvgIpc) is 3.15. The highest BCUT2D eigenvalue weighted by Gasteiger charge is 2.44. The molecular weight excluding hydrogens is 439 g/mol. The molecule has 0 N–H and O–H groups in total. The van der Waals surface area contributed by atoms with Crippen LogP contribution in [0.5, 0.6) is 0 Å². The molecule has 0 radical (unpaired) electrons. The Morgan fingerprint density at radius 2 is 1.93 bits per heavy atom. The van der Waals surface area contributed by atoms with Crippen LogP contribution < -0.4 is 0 Å². The lowest BCUT2D eigenvalue weighted by Crippen LogP contribution is -2.56. The minimum Gasteiger partial charge on any atom is -0.377 e. The van der Waals surface area contributed by atoms with Gasteiger partial charge in [0.1, 0.15) is 17.6 Å². The van der Waals surface area contributed by atoms with Gasteiger partial charge in [0.2, 0.25) is 0 Å². The maximum absolute atomic E-state index is 14.3. The number of hydrogen-bond acceptors (Lipinski definition) is 5. The first kappa shape index (κ1) is 19.3. The molecule has 1 aromatic carbocycles. The zero-order chi connectivity index (χ0) is 21.0. The second-order valence-electron chi connectivity index (χ2n) is 6.97. The molecule has 2 aromatic heterocycles. The van der Waals surface area contributed by atoms with E-state index in [-0.39, 0.29) is 52.9 Å². The molecule has 11 heteroatoms. The normalized spacial score (nSPS) is 20.2. The van der Waals surface area contributed by atoms with Crippen molar-refractivity contribution in [2.24, 2.45) is 0 Å². The molecule has 2 bridgehead atoms. The molecule has 0 saturated carbocycles. The summed E-state index contributed by atoms with van der Waals surface area (Å²) in [5, 5.41) is 7.85. The minimum atomic E-state index is -0.706. The van der Waals surface area contributed by atoms with Crippen molar-refractivity contribution in [1.29, 1.82) is 0 Å². The third-order valence-electron chi connectivity index (χ3n) is 5.26. The van der Waals surface area contributed by atoms with E-state index in [1.807, 2.05) is 0 Å². The predicted molar refractivity (Wildman–Crippen MR) is 103 cm³/mol. The number of ether oxygens (including phenoxy) is 1. The van der Waals surface area contributed by atoms with Crippen LogP contribution in [-0.4, -0.2) is 49.8 Å². The van der Waals surface area contributed by atoms with Crippen LogP contribution in [-0.2, 0) is 11.3 Å². The summed E-state index contributed by atoms with van der Waals surface area (Å²) in [6.45, 7) is 0.719. The van der Waals surface area contributed by atoms with Gasteiger partial charge in [0, 0.05) is 12.7 Å². The fraction of sp³-hybridized carbons (Fsp3) is 0.263. The third-order valence-corrected chi connectivity index (χ3v) is 6.12. The number of fused-ring (bicyclic) bond motifs is 4. The van der Waals surface area contributed by atoms with E-state index in [2.05, 4.69) is 15.2 Å². The van der Waals surface area contributed by atoms with Gasteiger partial charge in [0.25, 0.3) is 5.91 Å². The van der Waals surface area contributed by atoms with Crippen molar-refractivity contribution in [1.82, 2.24) is 24.6 Å². The summed E-state index contributed by atoms with van der Waals surface area (Å²) < 4.78 is 35.3. The van der Waals surface area contributed by atoms with Gasteiger partial charge in [0.05, 0.1) is 34.9 Å². The number of hydrogen-bond donors (Lipinski definition) is 0. The Hall–Kier alpha value is -2.62. The van der Waals surface area contributed by atoms with Crippen molar-refractivity contribution in [3.63, 3.8) is 0 Å². The summed E-state index contributed by atoms with van der Waals surface area (Å²) in [6.07, 6.45) is 1.48. The number of morpholine rings is 1. The van der Waals surface area contributed by atoms with E-state index in [1.165, 1.54) is 24.4 Å².